The number of nitrogens with two attached hydrogens (primary N) is 1. The van der Waals surface area contributed by atoms with Gasteiger partial charge in [-0.1, -0.05) is 17.7 Å². The highest BCUT2D eigenvalue weighted by molar-refractivity contribution is 14.0. The van der Waals surface area contributed by atoms with Gasteiger partial charge in [-0.05, 0) is 30.7 Å². The molecule has 2 rings (SSSR count). The van der Waals surface area contributed by atoms with Crippen LogP contribution < -0.4 is 20.5 Å². The molecule has 0 bridgehead atoms. The third-order valence-electron chi connectivity index (χ3n) is 3.36. The average molecular weight is 480 g/mol. The van der Waals surface area contributed by atoms with E-state index in [1.54, 1.807) is 44.6 Å². The zero-order valence-corrected chi connectivity index (χ0v) is 17.0. The predicted octanol–water partition coefficient (Wildman–Crippen LogP) is 4.08. The fourth-order valence-electron chi connectivity index (χ4n) is 2.16. The SMILES string of the molecule is COc1ccc(NC(N)=NCCc2c(F)cccc2Cl)cc1OC.I. The summed E-state index contributed by atoms with van der Waals surface area (Å²) in [5, 5.41) is 3.33. The van der Waals surface area contributed by atoms with Gasteiger partial charge in [0.1, 0.15) is 5.82 Å². The predicted molar refractivity (Wildman–Crippen MR) is 110 cm³/mol. The number of aliphatic imine (C=N–C) groups is 1. The number of benzene rings is 2. The first-order valence-corrected chi connectivity index (χ1v) is 7.64. The van der Waals surface area contributed by atoms with Crippen LogP contribution in [0.5, 0.6) is 11.5 Å². The summed E-state index contributed by atoms with van der Waals surface area (Å²) in [5.74, 6) is 1.07. The van der Waals surface area contributed by atoms with Crippen LogP contribution in [0.3, 0.4) is 0 Å². The van der Waals surface area contributed by atoms with Gasteiger partial charge in [0.2, 0.25) is 0 Å². The summed E-state index contributed by atoms with van der Waals surface area (Å²) in [7, 11) is 3.12. The van der Waals surface area contributed by atoms with E-state index in [-0.39, 0.29) is 35.8 Å². The van der Waals surface area contributed by atoms with E-state index in [1.807, 2.05) is 0 Å². The molecule has 0 aliphatic rings. The molecule has 0 radical (unpaired) electrons. The fraction of sp³-hybridized carbons (Fsp3) is 0.235. The third kappa shape index (κ3) is 5.93. The van der Waals surface area contributed by atoms with E-state index in [2.05, 4.69) is 10.3 Å². The Hall–Kier alpha value is -1.74. The molecule has 136 valence electrons. The molecular formula is C17H20ClFIN3O2. The second-order valence-electron chi connectivity index (χ2n) is 4.91. The van der Waals surface area contributed by atoms with Gasteiger partial charge in [-0.15, -0.1) is 24.0 Å². The molecule has 0 saturated heterocycles. The maximum atomic E-state index is 13.7. The lowest BCUT2D eigenvalue weighted by Crippen LogP contribution is -2.23. The van der Waals surface area contributed by atoms with Crippen LogP contribution in [0.4, 0.5) is 10.1 Å². The summed E-state index contributed by atoms with van der Waals surface area (Å²) in [5.41, 5.74) is 6.99. The van der Waals surface area contributed by atoms with E-state index < -0.39 is 0 Å². The van der Waals surface area contributed by atoms with Gasteiger partial charge in [-0.3, -0.25) is 4.99 Å². The van der Waals surface area contributed by atoms with Gasteiger partial charge < -0.3 is 20.5 Å². The lowest BCUT2D eigenvalue weighted by Gasteiger charge is -2.11. The standard InChI is InChI=1S/C17H19ClFN3O2.HI/c1-23-15-7-6-11(10-16(15)24-2)22-17(20)21-9-8-12-13(18)4-3-5-14(12)19;/h3-7,10H,8-9H2,1-2H3,(H3,20,21,22);1H. The normalized spacial score (nSPS) is 10.8. The first-order valence-electron chi connectivity index (χ1n) is 7.27. The van der Waals surface area contributed by atoms with E-state index in [0.29, 0.717) is 40.7 Å². The second-order valence-corrected chi connectivity index (χ2v) is 5.32. The maximum absolute atomic E-state index is 13.7. The van der Waals surface area contributed by atoms with Gasteiger partial charge in [0.15, 0.2) is 17.5 Å². The third-order valence-corrected chi connectivity index (χ3v) is 3.72. The molecule has 25 heavy (non-hydrogen) atoms. The molecule has 0 saturated carbocycles. The van der Waals surface area contributed by atoms with E-state index in [4.69, 9.17) is 26.8 Å². The van der Waals surface area contributed by atoms with Crippen LogP contribution in [0, 0.1) is 5.82 Å². The number of rotatable bonds is 6. The van der Waals surface area contributed by atoms with Crippen LogP contribution in [0.15, 0.2) is 41.4 Å². The molecule has 3 N–H and O–H groups in total. The number of ether oxygens (including phenoxy) is 2. The molecule has 0 spiro atoms. The summed E-state index contributed by atoms with van der Waals surface area (Å²) in [4.78, 5) is 4.18. The van der Waals surface area contributed by atoms with Gasteiger partial charge >= 0.3 is 0 Å². The molecule has 0 heterocycles. The number of methoxy groups -OCH3 is 2. The summed E-state index contributed by atoms with van der Waals surface area (Å²) < 4.78 is 24.1. The minimum absolute atomic E-state index is 0. The number of hydrogen-bond acceptors (Lipinski definition) is 3. The van der Waals surface area contributed by atoms with Crippen molar-refractivity contribution in [2.45, 2.75) is 6.42 Å². The van der Waals surface area contributed by atoms with Crippen molar-refractivity contribution in [3.63, 3.8) is 0 Å². The van der Waals surface area contributed by atoms with E-state index in [9.17, 15) is 4.39 Å². The van der Waals surface area contributed by atoms with E-state index >= 15 is 0 Å². The van der Waals surface area contributed by atoms with Crippen molar-refractivity contribution in [3.05, 3.63) is 52.8 Å². The Morgan fingerprint density at radius 1 is 1.20 bits per heavy atom. The molecule has 0 atom stereocenters. The quantitative estimate of drug-likeness (QED) is 0.372. The van der Waals surface area contributed by atoms with Gasteiger partial charge in [0.25, 0.3) is 0 Å². The lowest BCUT2D eigenvalue weighted by atomic mass is 10.1. The Kier molecular flexibility index (Phi) is 8.77. The van der Waals surface area contributed by atoms with Crippen LogP contribution in [0.1, 0.15) is 5.56 Å². The van der Waals surface area contributed by atoms with E-state index in [1.165, 1.54) is 6.07 Å². The van der Waals surface area contributed by atoms with Crippen molar-refractivity contribution in [3.8, 4) is 11.5 Å². The van der Waals surface area contributed by atoms with Crippen molar-refractivity contribution in [1.29, 1.82) is 0 Å². The van der Waals surface area contributed by atoms with Gasteiger partial charge in [-0.25, -0.2) is 4.39 Å². The minimum atomic E-state index is -0.343. The fourth-order valence-corrected chi connectivity index (χ4v) is 2.42. The Labute approximate surface area is 168 Å². The van der Waals surface area contributed by atoms with E-state index in [0.717, 1.165) is 0 Å². The number of nitrogens with one attached hydrogen (secondary N) is 1. The Balaban J connectivity index is 0.00000312. The van der Waals surface area contributed by atoms with Crippen molar-refractivity contribution >= 4 is 47.2 Å². The van der Waals surface area contributed by atoms with Crippen molar-refractivity contribution in [2.24, 2.45) is 10.7 Å². The highest BCUT2D eigenvalue weighted by Gasteiger charge is 2.07. The number of guanidine groups is 1. The van der Waals surface area contributed by atoms with Crippen molar-refractivity contribution in [2.75, 3.05) is 26.1 Å². The van der Waals surface area contributed by atoms with Gasteiger partial charge in [0.05, 0.1) is 14.2 Å². The molecule has 5 nitrogen and oxygen atoms in total. The lowest BCUT2D eigenvalue weighted by molar-refractivity contribution is 0.355. The summed E-state index contributed by atoms with van der Waals surface area (Å²) in [6, 6.07) is 9.88. The molecule has 0 amide bonds. The summed E-state index contributed by atoms with van der Waals surface area (Å²) >= 11 is 5.98. The monoisotopic (exact) mass is 479 g/mol. The van der Waals surface area contributed by atoms with Crippen molar-refractivity contribution < 1.29 is 13.9 Å². The zero-order chi connectivity index (χ0) is 17.5. The molecule has 0 fully saturated rings. The highest BCUT2D eigenvalue weighted by Crippen LogP contribution is 2.29. The molecule has 2 aromatic rings. The molecular weight excluding hydrogens is 460 g/mol. The average Bonchev–Trinajstić information content (AvgIpc) is 2.57. The maximum Gasteiger partial charge on any atom is 0.193 e. The number of anilines is 1. The van der Waals surface area contributed by atoms with Gasteiger partial charge in [-0.2, -0.15) is 0 Å². The molecule has 0 unspecified atom stereocenters. The molecule has 0 aliphatic heterocycles. The number of hydrogen-bond donors (Lipinski definition) is 2. The van der Waals surface area contributed by atoms with Crippen molar-refractivity contribution in [1.82, 2.24) is 0 Å². The van der Waals surface area contributed by atoms with Crippen LogP contribution in [-0.4, -0.2) is 26.7 Å². The second kappa shape index (κ2) is 10.3. The number of nitrogens with zero attached hydrogens (tertiary/aromatic N) is 1. The Morgan fingerprint density at radius 3 is 2.56 bits per heavy atom. The largest absolute Gasteiger partial charge is 0.493 e. The minimum Gasteiger partial charge on any atom is -0.493 e. The smallest absolute Gasteiger partial charge is 0.193 e. The first-order chi connectivity index (χ1) is 11.5. The van der Waals surface area contributed by atoms with Crippen LogP contribution in [-0.2, 0) is 6.42 Å². The van der Waals surface area contributed by atoms with Crippen LogP contribution in [0.2, 0.25) is 5.02 Å². The molecule has 0 aromatic heterocycles. The first kappa shape index (κ1) is 21.3. The topological polar surface area (TPSA) is 68.9 Å². The summed E-state index contributed by atoms with van der Waals surface area (Å²) in [6.45, 7) is 0.312. The molecule has 2 aromatic carbocycles. The molecule has 8 heteroatoms. The summed E-state index contributed by atoms with van der Waals surface area (Å²) in [6.07, 6.45) is 0.361. The Bertz CT molecular complexity index is 724. The highest BCUT2D eigenvalue weighted by atomic mass is 127. The zero-order valence-electron chi connectivity index (χ0n) is 13.9. The van der Waals surface area contributed by atoms with Crippen LogP contribution in [0.25, 0.3) is 0 Å². The molecule has 0 aliphatic carbocycles. The Morgan fingerprint density at radius 2 is 1.92 bits per heavy atom. The van der Waals surface area contributed by atoms with Crippen LogP contribution >= 0.6 is 35.6 Å². The van der Waals surface area contributed by atoms with Gasteiger partial charge in [0, 0.05) is 28.9 Å². The number of halogens is 3.